The first-order chi connectivity index (χ1) is 16.4. The number of thiocarbonyl (C=S) groups is 1. The molecule has 1 aromatic heterocycles. The molecule has 1 amide bonds. The molecule has 7 rings (SSSR count). The molecule has 1 aromatic carbocycles. The van der Waals surface area contributed by atoms with Crippen LogP contribution in [0.2, 0.25) is 0 Å². The van der Waals surface area contributed by atoms with E-state index in [0.717, 1.165) is 40.5 Å². The maximum atomic E-state index is 13.5. The van der Waals surface area contributed by atoms with Crippen molar-refractivity contribution in [3.63, 3.8) is 0 Å². The van der Waals surface area contributed by atoms with Crippen LogP contribution in [0.5, 0.6) is 5.75 Å². The third-order valence-electron chi connectivity index (χ3n) is 8.45. The van der Waals surface area contributed by atoms with Crippen LogP contribution in [0.1, 0.15) is 68.0 Å². The number of carbonyl (C=O) groups is 1. The van der Waals surface area contributed by atoms with Crippen molar-refractivity contribution >= 4 is 40.3 Å². The van der Waals surface area contributed by atoms with Gasteiger partial charge in [0.15, 0.2) is 4.32 Å². The highest BCUT2D eigenvalue weighted by Gasteiger charge is 2.51. The molecule has 0 atom stereocenters. The van der Waals surface area contributed by atoms with E-state index in [2.05, 4.69) is 18.2 Å². The highest BCUT2D eigenvalue weighted by molar-refractivity contribution is 8.27. The van der Waals surface area contributed by atoms with E-state index in [4.69, 9.17) is 17.0 Å². The van der Waals surface area contributed by atoms with E-state index in [1.165, 1.54) is 55.9 Å². The maximum absolute atomic E-state index is 13.5. The molecule has 4 saturated carbocycles. The van der Waals surface area contributed by atoms with Crippen molar-refractivity contribution in [1.82, 2.24) is 4.68 Å². The number of benzene rings is 1. The minimum absolute atomic E-state index is 0.0694. The molecule has 34 heavy (non-hydrogen) atoms. The second-order valence-electron chi connectivity index (χ2n) is 10.8. The third kappa shape index (κ3) is 3.56. The van der Waals surface area contributed by atoms with E-state index >= 15 is 0 Å². The van der Waals surface area contributed by atoms with Crippen LogP contribution in [0, 0.1) is 31.6 Å². The van der Waals surface area contributed by atoms with Crippen LogP contribution in [0.15, 0.2) is 35.2 Å². The summed E-state index contributed by atoms with van der Waals surface area (Å²) in [6, 6.07) is 10.8. The Morgan fingerprint density at radius 3 is 2.26 bits per heavy atom. The van der Waals surface area contributed by atoms with Gasteiger partial charge in [-0.15, -0.1) is 0 Å². The molecule has 1 aliphatic heterocycles. The highest BCUT2D eigenvalue weighted by Crippen LogP contribution is 2.61. The zero-order valence-electron chi connectivity index (χ0n) is 20.2. The number of hydrogen-bond acceptors (Lipinski definition) is 4. The Labute approximate surface area is 211 Å². The molecule has 4 nitrogen and oxygen atoms in total. The van der Waals surface area contributed by atoms with Gasteiger partial charge >= 0.3 is 0 Å². The summed E-state index contributed by atoms with van der Waals surface area (Å²) < 4.78 is 8.48. The van der Waals surface area contributed by atoms with Crippen molar-refractivity contribution in [3.8, 4) is 5.75 Å². The summed E-state index contributed by atoms with van der Waals surface area (Å²) in [6.45, 7) is 6.60. The number of carbonyl (C=O) groups excluding carboxylic acids is 1. The zero-order chi connectivity index (χ0) is 23.6. The van der Waals surface area contributed by atoms with E-state index in [-0.39, 0.29) is 5.91 Å². The minimum atomic E-state index is -0.0694. The van der Waals surface area contributed by atoms with Crippen LogP contribution in [0.3, 0.4) is 0 Å². The van der Waals surface area contributed by atoms with E-state index in [9.17, 15) is 4.79 Å². The van der Waals surface area contributed by atoms with Crippen LogP contribution in [-0.4, -0.2) is 21.5 Å². The van der Waals surface area contributed by atoms with Crippen LogP contribution in [-0.2, 0) is 10.2 Å². The van der Waals surface area contributed by atoms with E-state index in [1.807, 2.05) is 43.7 Å². The Hall–Kier alpha value is -2.05. The molecule has 1 saturated heterocycles. The summed E-state index contributed by atoms with van der Waals surface area (Å²) in [6.07, 6.45) is 10.3. The first kappa shape index (κ1) is 22.4. The van der Waals surface area contributed by atoms with E-state index < -0.39 is 0 Å². The standard InChI is InChI=1S/C28H32N2O2S2/c1-4-32-24-8-7-23(28-14-19-9-20(15-28)11-21(10-19)16-28)12-22(24)13-25-26(31)30(27(33)34-25)29-17(2)5-6-18(29)3/h5-8,12-13,19-21H,4,9-11,14-16H2,1-3H3/b25-13+. The van der Waals surface area contributed by atoms with Crippen molar-refractivity contribution in [3.05, 3.63) is 57.8 Å². The van der Waals surface area contributed by atoms with Gasteiger partial charge in [-0.2, -0.15) is 5.01 Å². The summed E-state index contributed by atoms with van der Waals surface area (Å²) in [5, 5.41) is 1.62. The Kier molecular flexibility index (Phi) is 5.45. The van der Waals surface area contributed by atoms with Crippen LogP contribution >= 0.6 is 24.0 Å². The summed E-state index contributed by atoms with van der Waals surface area (Å²) in [5.41, 5.74) is 4.73. The molecule has 5 fully saturated rings. The molecule has 0 unspecified atom stereocenters. The Bertz CT molecular complexity index is 1160. The Morgan fingerprint density at radius 1 is 1.06 bits per heavy atom. The summed E-state index contributed by atoms with van der Waals surface area (Å²) in [4.78, 5) is 14.1. The summed E-state index contributed by atoms with van der Waals surface area (Å²) in [7, 11) is 0. The van der Waals surface area contributed by atoms with Gasteiger partial charge in [-0.25, -0.2) is 0 Å². The number of hydrogen-bond donors (Lipinski definition) is 0. The van der Waals surface area contributed by atoms with Crippen LogP contribution in [0.25, 0.3) is 6.08 Å². The smallest absolute Gasteiger partial charge is 0.285 e. The number of amides is 1. The monoisotopic (exact) mass is 492 g/mol. The second kappa shape index (κ2) is 8.27. The van der Waals surface area contributed by atoms with Gasteiger partial charge in [0.2, 0.25) is 0 Å². The van der Waals surface area contributed by atoms with Crippen molar-refractivity contribution in [1.29, 1.82) is 0 Å². The van der Waals surface area contributed by atoms with Gasteiger partial charge in [0.1, 0.15) is 5.75 Å². The number of rotatable bonds is 5. The topological polar surface area (TPSA) is 34.5 Å². The van der Waals surface area contributed by atoms with Gasteiger partial charge in [0.25, 0.3) is 5.91 Å². The molecule has 2 aromatic rings. The average molecular weight is 493 g/mol. The Morgan fingerprint density at radius 2 is 1.68 bits per heavy atom. The lowest BCUT2D eigenvalue weighted by atomic mass is 9.48. The second-order valence-corrected chi connectivity index (χ2v) is 12.5. The molecule has 6 heteroatoms. The van der Waals surface area contributed by atoms with Crippen LogP contribution < -0.4 is 9.75 Å². The average Bonchev–Trinajstić information content (AvgIpc) is 3.25. The number of ether oxygens (including phenoxy) is 1. The SMILES string of the molecule is CCOc1ccc(C23CC4CC(CC(C4)C2)C3)cc1/C=C1/SC(=S)N(n2c(C)ccc2C)C1=O. The van der Waals surface area contributed by atoms with E-state index in [1.54, 1.807) is 5.01 Å². The summed E-state index contributed by atoms with van der Waals surface area (Å²) >= 11 is 7.02. The summed E-state index contributed by atoms with van der Waals surface area (Å²) in [5.74, 6) is 3.45. The molecule has 2 heterocycles. The van der Waals surface area contributed by atoms with Gasteiger partial charge in [-0.3, -0.25) is 9.47 Å². The fourth-order valence-corrected chi connectivity index (χ4v) is 8.72. The largest absolute Gasteiger partial charge is 0.493 e. The van der Waals surface area contributed by atoms with Gasteiger partial charge in [-0.05, 0) is 131 Å². The predicted molar refractivity (Wildman–Crippen MR) is 143 cm³/mol. The lowest BCUT2D eigenvalue weighted by molar-refractivity contribution is -0.114. The Balaban J connectivity index is 1.38. The van der Waals surface area contributed by atoms with Crippen molar-refractivity contribution in [2.24, 2.45) is 17.8 Å². The quantitative estimate of drug-likeness (QED) is 0.352. The van der Waals surface area contributed by atoms with Crippen molar-refractivity contribution in [2.45, 2.75) is 64.7 Å². The normalized spacial score (nSPS) is 31.2. The molecule has 0 N–H and O–H groups in total. The highest BCUT2D eigenvalue weighted by atomic mass is 32.2. The first-order valence-electron chi connectivity index (χ1n) is 12.6. The van der Waals surface area contributed by atoms with Crippen molar-refractivity contribution < 1.29 is 9.53 Å². The molecular weight excluding hydrogens is 460 g/mol. The number of nitrogens with zero attached hydrogens (tertiary/aromatic N) is 2. The number of aromatic nitrogens is 1. The minimum Gasteiger partial charge on any atom is -0.493 e. The van der Waals surface area contributed by atoms with Gasteiger partial charge in [-0.1, -0.05) is 17.8 Å². The fraction of sp³-hybridized carbons (Fsp3) is 0.500. The van der Waals surface area contributed by atoms with Crippen molar-refractivity contribution in [2.75, 3.05) is 11.6 Å². The molecule has 0 spiro atoms. The molecule has 178 valence electrons. The number of aryl methyl sites for hydroxylation is 2. The predicted octanol–water partition coefficient (Wildman–Crippen LogP) is 6.51. The van der Waals surface area contributed by atoms with Gasteiger partial charge in [0, 0.05) is 17.0 Å². The molecule has 5 aliphatic rings. The third-order valence-corrected chi connectivity index (χ3v) is 9.74. The maximum Gasteiger partial charge on any atom is 0.285 e. The van der Waals surface area contributed by atoms with Gasteiger partial charge in [0.05, 0.1) is 11.5 Å². The lowest BCUT2D eigenvalue weighted by Gasteiger charge is -2.57. The zero-order valence-corrected chi connectivity index (χ0v) is 21.8. The fourth-order valence-electron chi connectivity index (χ4n) is 7.49. The molecule has 4 aliphatic carbocycles. The van der Waals surface area contributed by atoms with Crippen LogP contribution in [0.4, 0.5) is 0 Å². The lowest BCUT2D eigenvalue weighted by Crippen LogP contribution is -2.48. The molecule has 4 bridgehead atoms. The molecular formula is C28H32N2O2S2. The van der Waals surface area contributed by atoms with E-state index in [0.29, 0.717) is 21.2 Å². The molecule has 0 radical (unpaired) electrons. The first-order valence-corrected chi connectivity index (χ1v) is 13.8. The van der Waals surface area contributed by atoms with Gasteiger partial charge < -0.3 is 4.74 Å². The number of thioether (sulfide) groups is 1.